The second kappa shape index (κ2) is 3.42. The van der Waals surface area contributed by atoms with Gasteiger partial charge in [0, 0.05) is 5.56 Å². The number of nitrogens with zero attached hydrogens (tertiary/aromatic N) is 1. The van der Waals surface area contributed by atoms with Gasteiger partial charge in [-0.3, -0.25) is 4.99 Å². The van der Waals surface area contributed by atoms with E-state index < -0.39 is 0 Å². The van der Waals surface area contributed by atoms with Crippen LogP contribution in [-0.2, 0) is 0 Å². The molecule has 1 aromatic carbocycles. The summed E-state index contributed by atoms with van der Waals surface area (Å²) in [4.78, 5) is 4.85. The van der Waals surface area contributed by atoms with Crippen molar-refractivity contribution in [2.75, 3.05) is 0 Å². The number of fused-ring (bicyclic) bond motifs is 2. The number of para-hydroxylation sites is 1. The van der Waals surface area contributed by atoms with Gasteiger partial charge < -0.3 is 0 Å². The van der Waals surface area contributed by atoms with Crippen LogP contribution in [0.25, 0.3) is 5.57 Å². The van der Waals surface area contributed by atoms with Gasteiger partial charge in [0.05, 0.1) is 16.8 Å². The first kappa shape index (κ1) is 9.84. The Morgan fingerprint density at radius 2 is 2.00 bits per heavy atom. The van der Waals surface area contributed by atoms with Gasteiger partial charge in [0.25, 0.3) is 0 Å². The highest BCUT2D eigenvalue weighted by Crippen LogP contribution is 2.51. The Balaban J connectivity index is 2.07. The second-order valence-electron chi connectivity index (χ2n) is 4.92. The SMILES string of the molecule is C1=CCC23C=CC=CC2=Nc2ccccc2C3=C1. The van der Waals surface area contributed by atoms with E-state index in [0.717, 1.165) is 12.1 Å². The molecule has 2 aliphatic carbocycles. The first-order valence-corrected chi connectivity index (χ1v) is 6.32. The minimum absolute atomic E-state index is 0.0299. The van der Waals surface area contributed by atoms with Crippen molar-refractivity contribution in [1.82, 2.24) is 0 Å². The average Bonchev–Trinajstić information content (AvgIpc) is 2.44. The molecule has 1 heterocycles. The molecule has 0 N–H and O–H groups in total. The number of allylic oxidation sites excluding steroid dienone is 8. The molecule has 1 nitrogen and oxygen atoms in total. The minimum atomic E-state index is -0.0299. The Morgan fingerprint density at radius 1 is 1.06 bits per heavy atom. The predicted octanol–water partition coefficient (Wildman–Crippen LogP) is 4.23. The van der Waals surface area contributed by atoms with Gasteiger partial charge in [-0.05, 0) is 24.1 Å². The van der Waals surface area contributed by atoms with Crippen molar-refractivity contribution in [3.8, 4) is 0 Å². The fraction of sp³-hybridized carbons (Fsp3) is 0.118. The Kier molecular flexibility index (Phi) is 1.87. The van der Waals surface area contributed by atoms with E-state index in [1.807, 2.05) is 0 Å². The first-order valence-electron chi connectivity index (χ1n) is 6.32. The van der Waals surface area contributed by atoms with Gasteiger partial charge in [0.2, 0.25) is 0 Å². The monoisotopic (exact) mass is 231 g/mol. The van der Waals surface area contributed by atoms with E-state index in [9.17, 15) is 0 Å². The zero-order valence-electron chi connectivity index (χ0n) is 10.0. The van der Waals surface area contributed by atoms with Gasteiger partial charge in [-0.2, -0.15) is 0 Å². The number of rotatable bonds is 0. The molecule has 4 rings (SSSR count). The van der Waals surface area contributed by atoms with Crippen molar-refractivity contribution in [2.45, 2.75) is 6.42 Å². The van der Waals surface area contributed by atoms with Crippen LogP contribution in [-0.4, -0.2) is 5.71 Å². The summed E-state index contributed by atoms with van der Waals surface area (Å²) in [6.45, 7) is 0. The molecular formula is C17H13N. The molecule has 1 aliphatic heterocycles. The summed E-state index contributed by atoms with van der Waals surface area (Å²) in [5.41, 5.74) is 4.87. The zero-order valence-corrected chi connectivity index (χ0v) is 10.0. The Bertz CT molecular complexity index is 671. The van der Waals surface area contributed by atoms with Gasteiger partial charge in [0.1, 0.15) is 0 Å². The van der Waals surface area contributed by atoms with E-state index in [1.165, 1.54) is 16.8 Å². The predicted molar refractivity (Wildman–Crippen MR) is 76.0 cm³/mol. The molecule has 1 atom stereocenters. The van der Waals surface area contributed by atoms with Gasteiger partial charge in [-0.15, -0.1) is 0 Å². The van der Waals surface area contributed by atoms with Crippen molar-refractivity contribution in [3.05, 3.63) is 72.4 Å². The molecule has 0 bridgehead atoms. The van der Waals surface area contributed by atoms with E-state index in [0.29, 0.717) is 0 Å². The third kappa shape index (κ3) is 1.14. The number of hydrogen-bond acceptors (Lipinski definition) is 1. The molecule has 18 heavy (non-hydrogen) atoms. The molecule has 1 aromatic rings. The molecule has 86 valence electrons. The summed E-state index contributed by atoms with van der Waals surface area (Å²) in [6.07, 6.45) is 16.3. The summed E-state index contributed by atoms with van der Waals surface area (Å²) in [7, 11) is 0. The van der Waals surface area contributed by atoms with Crippen LogP contribution in [0.3, 0.4) is 0 Å². The fourth-order valence-corrected chi connectivity index (χ4v) is 3.07. The molecule has 0 amide bonds. The lowest BCUT2D eigenvalue weighted by atomic mass is 9.65. The molecule has 1 heteroatoms. The van der Waals surface area contributed by atoms with Crippen LogP contribution in [0.4, 0.5) is 5.69 Å². The van der Waals surface area contributed by atoms with E-state index in [4.69, 9.17) is 4.99 Å². The Hall–Kier alpha value is -2.15. The van der Waals surface area contributed by atoms with Crippen molar-refractivity contribution in [3.63, 3.8) is 0 Å². The fourth-order valence-electron chi connectivity index (χ4n) is 3.07. The second-order valence-corrected chi connectivity index (χ2v) is 4.92. The molecule has 0 radical (unpaired) electrons. The smallest absolute Gasteiger partial charge is 0.0709 e. The van der Waals surface area contributed by atoms with Crippen LogP contribution in [0, 0.1) is 5.41 Å². The molecule has 0 aromatic heterocycles. The van der Waals surface area contributed by atoms with Crippen molar-refractivity contribution in [2.24, 2.45) is 10.4 Å². The third-order valence-electron chi connectivity index (χ3n) is 3.96. The topological polar surface area (TPSA) is 12.4 Å². The summed E-state index contributed by atoms with van der Waals surface area (Å²) < 4.78 is 0. The van der Waals surface area contributed by atoms with Gasteiger partial charge in [-0.25, -0.2) is 0 Å². The van der Waals surface area contributed by atoms with Crippen molar-refractivity contribution in [1.29, 1.82) is 0 Å². The largest absolute Gasteiger partial charge is 0.252 e. The normalized spacial score (nSPS) is 26.9. The number of hydrogen-bond donors (Lipinski definition) is 0. The minimum Gasteiger partial charge on any atom is -0.252 e. The zero-order chi connectivity index (χ0) is 12.0. The van der Waals surface area contributed by atoms with Crippen molar-refractivity contribution < 1.29 is 0 Å². The molecular weight excluding hydrogens is 218 g/mol. The van der Waals surface area contributed by atoms with Crippen molar-refractivity contribution >= 4 is 17.0 Å². The molecule has 0 fully saturated rings. The summed E-state index contributed by atoms with van der Waals surface area (Å²) >= 11 is 0. The molecule has 1 unspecified atom stereocenters. The number of aliphatic imine (C=N–C) groups is 1. The van der Waals surface area contributed by atoms with Crippen LogP contribution >= 0.6 is 0 Å². The first-order chi connectivity index (χ1) is 8.90. The Morgan fingerprint density at radius 3 is 3.00 bits per heavy atom. The molecule has 3 aliphatic rings. The maximum atomic E-state index is 4.85. The third-order valence-corrected chi connectivity index (χ3v) is 3.96. The summed E-state index contributed by atoms with van der Waals surface area (Å²) in [5.74, 6) is 0. The highest BCUT2D eigenvalue weighted by atomic mass is 14.8. The van der Waals surface area contributed by atoms with Crippen LogP contribution in [0.2, 0.25) is 0 Å². The van der Waals surface area contributed by atoms with E-state index in [2.05, 4.69) is 66.8 Å². The lowest BCUT2D eigenvalue weighted by Gasteiger charge is -2.39. The highest BCUT2D eigenvalue weighted by molar-refractivity contribution is 6.15. The van der Waals surface area contributed by atoms with Crippen LogP contribution in [0.15, 0.2) is 71.8 Å². The molecule has 1 spiro atoms. The summed E-state index contributed by atoms with van der Waals surface area (Å²) in [6, 6.07) is 8.41. The Labute approximate surface area is 107 Å². The molecule has 0 saturated heterocycles. The quantitative estimate of drug-likeness (QED) is 0.633. The van der Waals surface area contributed by atoms with Gasteiger partial charge in [0.15, 0.2) is 0 Å². The van der Waals surface area contributed by atoms with Crippen LogP contribution in [0.1, 0.15) is 12.0 Å². The lowest BCUT2D eigenvalue weighted by molar-refractivity contribution is 0.699. The van der Waals surface area contributed by atoms with Gasteiger partial charge in [-0.1, -0.05) is 54.7 Å². The lowest BCUT2D eigenvalue weighted by Crippen LogP contribution is -2.33. The standard InChI is InChI=1S/C17H13N/c1-2-9-15-13(7-1)14-8-3-5-11-17(14)12-6-4-10-16(17)18-15/h1-10,12H,11H2. The average molecular weight is 231 g/mol. The van der Waals surface area contributed by atoms with E-state index in [-0.39, 0.29) is 5.41 Å². The highest BCUT2D eigenvalue weighted by Gasteiger charge is 2.40. The maximum absolute atomic E-state index is 4.85. The van der Waals surface area contributed by atoms with E-state index in [1.54, 1.807) is 0 Å². The number of benzene rings is 1. The molecule has 0 saturated carbocycles. The van der Waals surface area contributed by atoms with Crippen LogP contribution in [0.5, 0.6) is 0 Å². The van der Waals surface area contributed by atoms with Gasteiger partial charge >= 0.3 is 0 Å². The van der Waals surface area contributed by atoms with Crippen LogP contribution < -0.4 is 0 Å². The maximum Gasteiger partial charge on any atom is 0.0709 e. The van der Waals surface area contributed by atoms with E-state index >= 15 is 0 Å². The summed E-state index contributed by atoms with van der Waals surface area (Å²) in [5, 5.41) is 0.